The number of phenols is 1. The van der Waals surface area contributed by atoms with Gasteiger partial charge in [-0.2, -0.15) is 0 Å². The van der Waals surface area contributed by atoms with Crippen LogP contribution in [-0.4, -0.2) is 42.0 Å². The molecule has 0 spiro atoms. The van der Waals surface area contributed by atoms with Crippen molar-refractivity contribution in [3.63, 3.8) is 0 Å². The number of carbonyl (C=O) groups is 1. The fourth-order valence-corrected chi connectivity index (χ4v) is 6.80. The first-order valence-electron chi connectivity index (χ1n) is 13.8. The molecule has 5 heteroatoms. The Balaban J connectivity index is 1.32. The SMILES string of the molecule is O=C1CC[C@]2(Cc3ccc(Cl)cc3)Cc3cc(O)ccc3C2=C1c1ccc(OCCN2CCCCC2)cc1. The molecule has 0 radical (unpaired) electrons. The molecule has 3 aromatic carbocycles. The smallest absolute Gasteiger partial charge is 0.163 e. The summed E-state index contributed by atoms with van der Waals surface area (Å²) in [6.45, 7) is 3.95. The molecule has 3 aromatic rings. The fraction of sp³-hybridized carbons (Fsp3) is 0.364. The van der Waals surface area contributed by atoms with E-state index >= 15 is 0 Å². The van der Waals surface area contributed by atoms with Crippen LogP contribution in [-0.2, 0) is 17.6 Å². The number of ether oxygens (including phenoxy) is 1. The van der Waals surface area contributed by atoms with Crippen molar-refractivity contribution < 1.29 is 14.6 Å². The number of nitrogens with zero attached hydrogens (tertiary/aromatic N) is 1. The molecule has 1 atom stereocenters. The molecule has 1 saturated heterocycles. The van der Waals surface area contributed by atoms with Crippen molar-refractivity contribution in [3.05, 3.63) is 94.0 Å². The minimum Gasteiger partial charge on any atom is -0.508 e. The van der Waals surface area contributed by atoms with Crippen LogP contribution >= 0.6 is 11.6 Å². The van der Waals surface area contributed by atoms with Gasteiger partial charge in [-0.1, -0.05) is 48.4 Å². The topological polar surface area (TPSA) is 49.8 Å². The van der Waals surface area contributed by atoms with Crippen molar-refractivity contribution in [1.29, 1.82) is 0 Å². The molecule has 1 aliphatic heterocycles. The number of allylic oxidation sites excluding steroid dienone is 2. The molecule has 1 heterocycles. The van der Waals surface area contributed by atoms with E-state index in [1.54, 1.807) is 6.07 Å². The highest BCUT2D eigenvalue weighted by molar-refractivity contribution is 6.31. The Morgan fingerprint density at radius 1 is 0.947 bits per heavy atom. The van der Waals surface area contributed by atoms with Gasteiger partial charge in [0.05, 0.1) is 0 Å². The number of likely N-dealkylation sites (tertiary alicyclic amines) is 1. The van der Waals surface area contributed by atoms with E-state index < -0.39 is 0 Å². The van der Waals surface area contributed by atoms with Gasteiger partial charge in [0.25, 0.3) is 0 Å². The first-order chi connectivity index (χ1) is 18.5. The zero-order chi connectivity index (χ0) is 26.1. The molecule has 0 aromatic heterocycles. The number of fused-ring (bicyclic) bond motifs is 3. The van der Waals surface area contributed by atoms with E-state index in [0.717, 1.165) is 64.4 Å². The number of piperidine rings is 1. The number of benzene rings is 3. The maximum absolute atomic E-state index is 13.5. The third kappa shape index (κ3) is 5.00. The number of hydrogen-bond acceptors (Lipinski definition) is 4. The second kappa shape index (κ2) is 10.6. The van der Waals surface area contributed by atoms with Crippen LogP contribution in [0.2, 0.25) is 5.02 Å². The summed E-state index contributed by atoms with van der Waals surface area (Å²) >= 11 is 6.17. The van der Waals surface area contributed by atoms with E-state index in [1.807, 2.05) is 48.5 Å². The van der Waals surface area contributed by atoms with Crippen molar-refractivity contribution in [3.8, 4) is 11.5 Å². The Labute approximate surface area is 229 Å². The molecule has 1 N–H and O–H groups in total. The Morgan fingerprint density at radius 3 is 2.47 bits per heavy atom. The molecule has 0 amide bonds. The van der Waals surface area contributed by atoms with Gasteiger partial charge in [-0.05, 0) is 109 Å². The minimum atomic E-state index is -0.198. The fourth-order valence-electron chi connectivity index (χ4n) is 6.67. The van der Waals surface area contributed by atoms with Gasteiger partial charge in [0.1, 0.15) is 18.1 Å². The zero-order valence-electron chi connectivity index (χ0n) is 21.7. The highest BCUT2D eigenvalue weighted by atomic mass is 35.5. The van der Waals surface area contributed by atoms with Crippen molar-refractivity contribution in [1.82, 2.24) is 4.90 Å². The molecule has 0 unspecified atom stereocenters. The summed E-state index contributed by atoms with van der Waals surface area (Å²) in [5, 5.41) is 11.0. The summed E-state index contributed by atoms with van der Waals surface area (Å²) in [4.78, 5) is 16.0. The number of phenolic OH excluding ortho intramolecular Hbond substituents is 1. The monoisotopic (exact) mass is 527 g/mol. The predicted octanol–water partition coefficient (Wildman–Crippen LogP) is 6.97. The number of hydrogen-bond donors (Lipinski definition) is 1. The van der Waals surface area contributed by atoms with Crippen molar-refractivity contribution in [2.75, 3.05) is 26.2 Å². The summed E-state index contributed by atoms with van der Waals surface area (Å²) in [5.74, 6) is 1.29. The number of aromatic hydroxyl groups is 1. The first-order valence-corrected chi connectivity index (χ1v) is 14.2. The molecule has 6 rings (SSSR count). The van der Waals surface area contributed by atoms with E-state index in [4.69, 9.17) is 16.3 Å². The van der Waals surface area contributed by atoms with Crippen LogP contribution in [0.15, 0.2) is 66.7 Å². The lowest BCUT2D eigenvalue weighted by Gasteiger charge is -2.37. The van der Waals surface area contributed by atoms with Gasteiger partial charge in [-0.3, -0.25) is 9.69 Å². The normalized spacial score (nSPS) is 21.3. The molecule has 196 valence electrons. The lowest BCUT2D eigenvalue weighted by molar-refractivity contribution is -0.114. The van der Waals surface area contributed by atoms with Crippen LogP contribution in [0.5, 0.6) is 11.5 Å². The second-order valence-electron chi connectivity index (χ2n) is 11.1. The molecule has 0 bridgehead atoms. The van der Waals surface area contributed by atoms with Gasteiger partial charge in [-0.25, -0.2) is 0 Å². The van der Waals surface area contributed by atoms with Gasteiger partial charge in [-0.15, -0.1) is 0 Å². The van der Waals surface area contributed by atoms with Crippen LogP contribution < -0.4 is 4.74 Å². The average Bonchev–Trinajstić information content (AvgIpc) is 3.24. The van der Waals surface area contributed by atoms with Crippen LogP contribution in [0.25, 0.3) is 11.1 Å². The van der Waals surface area contributed by atoms with Gasteiger partial charge in [0.2, 0.25) is 0 Å². The number of halogens is 1. The van der Waals surface area contributed by atoms with E-state index in [-0.39, 0.29) is 16.9 Å². The van der Waals surface area contributed by atoms with Crippen molar-refractivity contribution >= 4 is 28.5 Å². The number of Topliss-reactive ketones (excluding diaryl/α,β-unsaturated/α-hetero) is 1. The van der Waals surface area contributed by atoms with Gasteiger partial charge >= 0.3 is 0 Å². The van der Waals surface area contributed by atoms with Gasteiger partial charge in [0, 0.05) is 29.0 Å². The molecule has 0 saturated carbocycles. The third-order valence-corrected chi connectivity index (χ3v) is 8.75. The summed E-state index contributed by atoms with van der Waals surface area (Å²) < 4.78 is 6.06. The second-order valence-corrected chi connectivity index (χ2v) is 11.5. The first kappa shape index (κ1) is 25.2. The average molecular weight is 528 g/mol. The molecule has 38 heavy (non-hydrogen) atoms. The minimum absolute atomic E-state index is 0.187. The van der Waals surface area contributed by atoms with Gasteiger partial charge in [0.15, 0.2) is 5.78 Å². The molecule has 2 aliphatic carbocycles. The lowest BCUT2D eigenvalue weighted by Crippen LogP contribution is -2.33. The number of ketones is 1. The van der Waals surface area contributed by atoms with Crippen LogP contribution in [0.3, 0.4) is 0 Å². The standard InChI is InChI=1S/C33H34ClNO3/c34-26-8-4-23(5-9-26)21-33-15-14-30(37)31(32(33)29-13-10-27(36)20-25(29)22-33)24-6-11-28(12-7-24)38-19-18-35-16-2-1-3-17-35/h4-13,20,36H,1-3,14-19,21-22H2/t33-/m0/s1. The molecular weight excluding hydrogens is 494 g/mol. The Bertz CT molecular complexity index is 1360. The predicted molar refractivity (Wildman–Crippen MR) is 153 cm³/mol. The molecular formula is C33H34ClNO3. The number of carbonyl (C=O) groups excluding carboxylic acids is 1. The maximum Gasteiger partial charge on any atom is 0.163 e. The summed E-state index contributed by atoms with van der Waals surface area (Å²) in [6.07, 6.45) is 6.83. The molecule has 4 nitrogen and oxygen atoms in total. The highest BCUT2D eigenvalue weighted by Gasteiger charge is 2.47. The van der Waals surface area contributed by atoms with Crippen LogP contribution in [0, 0.1) is 5.41 Å². The Kier molecular flexibility index (Phi) is 7.03. The third-order valence-electron chi connectivity index (χ3n) is 8.50. The summed E-state index contributed by atoms with van der Waals surface area (Å²) in [7, 11) is 0. The Hall–Kier alpha value is -3.08. The maximum atomic E-state index is 13.5. The quantitative estimate of drug-likeness (QED) is 0.360. The zero-order valence-corrected chi connectivity index (χ0v) is 22.5. The van der Waals surface area contributed by atoms with Crippen LogP contribution in [0.1, 0.15) is 54.4 Å². The van der Waals surface area contributed by atoms with E-state index in [1.165, 1.54) is 37.9 Å². The van der Waals surface area contributed by atoms with Crippen LogP contribution in [0.4, 0.5) is 0 Å². The highest BCUT2D eigenvalue weighted by Crippen LogP contribution is 2.57. The molecule has 1 fully saturated rings. The molecule has 3 aliphatic rings. The summed E-state index contributed by atoms with van der Waals surface area (Å²) in [5.41, 5.74) is 6.08. The number of rotatable bonds is 7. The lowest BCUT2D eigenvalue weighted by atomic mass is 9.65. The largest absolute Gasteiger partial charge is 0.508 e. The van der Waals surface area contributed by atoms with E-state index in [9.17, 15) is 9.90 Å². The Morgan fingerprint density at radius 2 is 1.71 bits per heavy atom. The van der Waals surface area contributed by atoms with Crippen molar-refractivity contribution in [2.45, 2.75) is 44.9 Å². The van der Waals surface area contributed by atoms with E-state index in [2.05, 4.69) is 17.0 Å². The van der Waals surface area contributed by atoms with Crippen molar-refractivity contribution in [2.24, 2.45) is 5.41 Å². The summed E-state index contributed by atoms with van der Waals surface area (Å²) in [6, 6.07) is 21.7. The van der Waals surface area contributed by atoms with E-state index in [0.29, 0.717) is 13.0 Å². The van der Waals surface area contributed by atoms with Gasteiger partial charge < -0.3 is 9.84 Å².